The number of halogens is 4. The predicted octanol–water partition coefficient (Wildman–Crippen LogP) is 3.06. The van der Waals surface area contributed by atoms with Gasteiger partial charge in [0.15, 0.2) is 0 Å². The Bertz CT molecular complexity index is 750. The van der Waals surface area contributed by atoms with Crippen molar-refractivity contribution in [1.82, 2.24) is 10.6 Å². The van der Waals surface area contributed by atoms with Gasteiger partial charge in [0, 0.05) is 24.4 Å². The van der Waals surface area contributed by atoms with Gasteiger partial charge in [-0.3, -0.25) is 0 Å². The number of piperidine rings is 1. The molecule has 12 heteroatoms. The van der Waals surface area contributed by atoms with Gasteiger partial charge in [0.2, 0.25) is 5.90 Å². The maximum atomic E-state index is 11.8. The third-order valence-electron chi connectivity index (χ3n) is 4.13. The summed E-state index contributed by atoms with van der Waals surface area (Å²) in [4.78, 5) is 26.2. The van der Waals surface area contributed by atoms with Gasteiger partial charge in [-0.15, -0.1) is 0 Å². The van der Waals surface area contributed by atoms with Crippen LogP contribution >= 0.6 is 11.6 Å². The molecule has 3 N–H and O–H groups in total. The average molecular weight is 438 g/mol. The van der Waals surface area contributed by atoms with E-state index in [-0.39, 0.29) is 5.60 Å². The number of rotatable bonds is 2. The summed E-state index contributed by atoms with van der Waals surface area (Å²) in [5.74, 6) is -2.41. The van der Waals surface area contributed by atoms with E-state index in [9.17, 15) is 18.0 Å². The second kappa shape index (κ2) is 9.79. The Morgan fingerprint density at radius 2 is 1.86 bits per heavy atom. The van der Waals surface area contributed by atoms with Crippen molar-refractivity contribution in [3.63, 3.8) is 0 Å². The zero-order valence-corrected chi connectivity index (χ0v) is 15.8. The van der Waals surface area contributed by atoms with Crippen LogP contribution in [0.15, 0.2) is 29.4 Å². The van der Waals surface area contributed by atoms with Gasteiger partial charge in [-0.2, -0.15) is 13.2 Å². The molecule has 2 aliphatic rings. The molecular formula is C17H19ClF3N3O5. The number of ether oxygens (including phenoxy) is 1. The number of alkyl carbamates (subject to hydrolysis) is 1. The molecule has 1 amide bonds. The van der Waals surface area contributed by atoms with Gasteiger partial charge in [0.1, 0.15) is 5.60 Å². The Labute approximate surface area is 169 Å². The van der Waals surface area contributed by atoms with Crippen LogP contribution < -0.4 is 10.6 Å². The van der Waals surface area contributed by atoms with E-state index in [4.69, 9.17) is 31.1 Å². The van der Waals surface area contributed by atoms with E-state index >= 15 is 0 Å². The second-order valence-electron chi connectivity index (χ2n) is 6.36. The summed E-state index contributed by atoms with van der Waals surface area (Å²) < 4.78 is 36.9. The highest BCUT2D eigenvalue weighted by molar-refractivity contribution is 6.30. The van der Waals surface area contributed by atoms with E-state index in [1.54, 1.807) is 12.1 Å². The van der Waals surface area contributed by atoms with Crippen LogP contribution in [0.3, 0.4) is 0 Å². The molecular weight excluding hydrogens is 419 g/mol. The largest absolute Gasteiger partial charge is 0.490 e. The van der Waals surface area contributed by atoms with Crippen molar-refractivity contribution in [2.24, 2.45) is 5.16 Å². The summed E-state index contributed by atoms with van der Waals surface area (Å²) in [5, 5.41) is 17.7. The first-order valence-electron chi connectivity index (χ1n) is 8.56. The smallest absolute Gasteiger partial charge is 0.475 e. The van der Waals surface area contributed by atoms with E-state index < -0.39 is 18.2 Å². The number of amides is 1. The molecule has 8 nitrogen and oxygen atoms in total. The SMILES string of the molecule is O=C(NCc1ccc(Cl)cc1)OC1=NOC2(CCNCC2)C1.O=C(O)C(F)(F)F. The predicted molar refractivity (Wildman–Crippen MR) is 96.4 cm³/mol. The molecule has 1 saturated heterocycles. The van der Waals surface area contributed by atoms with E-state index in [0.717, 1.165) is 31.5 Å². The fourth-order valence-corrected chi connectivity index (χ4v) is 2.74. The molecule has 1 fully saturated rings. The summed E-state index contributed by atoms with van der Waals surface area (Å²) in [6, 6.07) is 7.25. The highest BCUT2D eigenvalue weighted by atomic mass is 35.5. The minimum absolute atomic E-state index is 0.295. The first kappa shape index (κ1) is 22.8. The highest BCUT2D eigenvalue weighted by Crippen LogP contribution is 2.32. The number of carbonyl (C=O) groups is 2. The van der Waals surface area contributed by atoms with E-state index in [1.165, 1.54) is 0 Å². The number of carboxylic acid groups (broad SMARTS) is 1. The van der Waals surface area contributed by atoms with Crippen LogP contribution in [0.1, 0.15) is 24.8 Å². The van der Waals surface area contributed by atoms with Crippen molar-refractivity contribution in [3.05, 3.63) is 34.9 Å². The average Bonchev–Trinajstić information content (AvgIpc) is 3.03. The third kappa shape index (κ3) is 7.42. The van der Waals surface area contributed by atoms with Crippen molar-refractivity contribution >= 4 is 29.6 Å². The van der Waals surface area contributed by atoms with E-state index in [1.807, 2.05) is 12.1 Å². The molecule has 160 valence electrons. The Morgan fingerprint density at radius 3 is 2.41 bits per heavy atom. The van der Waals surface area contributed by atoms with E-state index in [2.05, 4.69) is 15.8 Å². The zero-order valence-electron chi connectivity index (χ0n) is 15.1. The van der Waals surface area contributed by atoms with Gasteiger partial charge in [-0.25, -0.2) is 9.59 Å². The molecule has 0 radical (unpaired) electrons. The minimum Gasteiger partial charge on any atom is -0.475 e. The quantitative estimate of drug-likeness (QED) is 0.656. The number of carboxylic acids is 1. The van der Waals surface area contributed by atoms with Crippen LogP contribution in [0, 0.1) is 0 Å². The molecule has 1 spiro atoms. The lowest BCUT2D eigenvalue weighted by Crippen LogP contribution is -2.42. The number of oxime groups is 1. The summed E-state index contributed by atoms with van der Waals surface area (Å²) in [7, 11) is 0. The summed E-state index contributed by atoms with van der Waals surface area (Å²) in [6.45, 7) is 2.16. The normalized spacial score (nSPS) is 17.4. The Morgan fingerprint density at radius 1 is 1.28 bits per heavy atom. The van der Waals surface area contributed by atoms with Crippen LogP contribution in [0.25, 0.3) is 0 Å². The fourth-order valence-electron chi connectivity index (χ4n) is 2.61. The van der Waals surface area contributed by atoms with Crippen LogP contribution in [-0.2, 0) is 20.9 Å². The number of benzene rings is 1. The number of carbonyl (C=O) groups excluding carboxylic acids is 1. The zero-order chi connectivity index (χ0) is 21.5. The van der Waals surface area contributed by atoms with Crippen molar-refractivity contribution in [2.45, 2.75) is 37.6 Å². The molecule has 0 saturated carbocycles. The van der Waals surface area contributed by atoms with E-state index in [0.29, 0.717) is 23.9 Å². The van der Waals surface area contributed by atoms with Gasteiger partial charge in [-0.05, 0) is 30.8 Å². The second-order valence-corrected chi connectivity index (χ2v) is 6.79. The van der Waals surface area contributed by atoms with Crippen LogP contribution in [-0.4, -0.2) is 47.9 Å². The lowest BCUT2D eigenvalue weighted by atomic mass is 9.89. The highest BCUT2D eigenvalue weighted by Gasteiger charge is 2.41. The van der Waals surface area contributed by atoms with Gasteiger partial charge in [-0.1, -0.05) is 28.9 Å². The van der Waals surface area contributed by atoms with Crippen LogP contribution in [0.4, 0.5) is 18.0 Å². The number of hydrogen-bond donors (Lipinski definition) is 3. The van der Waals surface area contributed by atoms with Gasteiger partial charge >= 0.3 is 18.2 Å². The summed E-state index contributed by atoms with van der Waals surface area (Å²) >= 11 is 5.81. The van der Waals surface area contributed by atoms with Gasteiger partial charge in [0.05, 0.1) is 6.42 Å². The molecule has 2 heterocycles. The van der Waals surface area contributed by atoms with Crippen molar-refractivity contribution in [1.29, 1.82) is 0 Å². The standard InChI is InChI=1S/C15H18ClN3O3.C2HF3O2/c16-12-3-1-11(2-4-12)10-18-14(20)21-13-9-15(22-19-13)5-7-17-8-6-15;3-2(4,5)1(6)7/h1-4,17H,5-10H2,(H,18,20);(H,6,7). The number of aliphatic carboxylic acids is 1. The minimum atomic E-state index is -5.08. The van der Waals surface area contributed by atoms with Gasteiger partial charge in [0.25, 0.3) is 0 Å². The first-order chi connectivity index (χ1) is 13.6. The van der Waals surface area contributed by atoms with Crippen molar-refractivity contribution in [3.8, 4) is 0 Å². The molecule has 0 aliphatic carbocycles. The molecule has 1 aromatic rings. The monoisotopic (exact) mass is 437 g/mol. The number of hydrogen-bond acceptors (Lipinski definition) is 6. The molecule has 1 aromatic carbocycles. The van der Waals surface area contributed by atoms with Gasteiger partial charge < -0.3 is 25.3 Å². The van der Waals surface area contributed by atoms with Crippen molar-refractivity contribution in [2.75, 3.05) is 13.1 Å². The summed E-state index contributed by atoms with van der Waals surface area (Å²) in [6.07, 6.45) is -3.32. The van der Waals surface area contributed by atoms with Crippen LogP contribution in [0.5, 0.6) is 0 Å². The summed E-state index contributed by atoms with van der Waals surface area (Å²) in [5.41, 5.74) is 0.651. The molecule has 0 bridgehead atoms. The Hall–Kier alpha value is -2.53. The molecule has 2 aliphatic heterocycles. The molecule has 0 atom stereocenters. The number of nitrogens with one attached hydrogen (secondary N) is 2. The number of nitrogens with zero attached hydrogens (tertiary/aromatic N) is 1. The molecule has 3 rings (SSSR count). The lowest BCUT2D eigenvalue weighted by molar-refractivity contribution is -0.192. The Balaban J connectivity index is 0.000000370. The topological polar surface area (TPSA) is 109 Å². The maximum Gasteiger partial charge on any atom is 0.490 e. The van der Waals surface area contributed by atoms with Crippen LogP contribution in [0.2, 0.25) is 5.02 Å². The van der Waals surface area contributed by atoms with Crippen molar-refractivity contribution < 1.29 is 37.4 Å². The molecule has 29 heavy (non-hydrogen) atoms. The lowest BCUT2D eigenvalue weighted by Gasteiger charge is -2.30. The Kier molecular flexibility index (Phi) is 7.68. The first-order valence-corrected chi connectivity index (χ1v) is 8.93. The maximum absolute atomic E-state index is 11.8. The fraction of sp³-hybridized carbons (Fsp3) is 0.471. The molecule has 0 unspecified atom stereocenters. The third-order valence-corrected chi connectivity index (χ3v) is 4.38. The number of alkyl halides is 3. The molecule has 0 aromatic heterocycles.